The van der Waals surface area contributed by atoms with Gasteiger partial charge in [0.1, 0.15) is 0 Å². The molecule has 0 fully saturated rings. The number of fused-ring (bicyclic) bond motifs is 16. The van der Waals surface area contributed by atoms with Crippen molar-refractivity contribution >= 4 is 27.3 Å². The van der Waals surface area contributed by atoms with Crippen LogP contribution in [0.4, 0.5) is 0 Å². The summed E-state index contributed by atoms with van der Waals surface area (Å²) in [4.78, 5) is 0. The first kappa shape index (κ1) is 23.1. The van der Waals surface area contributed by atoms with E-state index in [-0.39, 0.29) is 0 Å². The van der Waals surface area contributed by atoms with Crippen molar-refractivity contribution in [2.24, 2.45) is 0 Å². The Morgan fingerprint density at radius 3 is 1.84 bits per heavy atom. The van der Waals surface area contributed by atoms with E-state index in [2.05, 4.69) is 145 Å². The van der Waals surface area contributed by atoms with Gasteiger partial charge < -0.3 is 0 Å². The van der Waals surface area contributed by atoms with Crippen LogP contribution < -0.4 is 0 Å². The fourth-order valence-electron chi connectivity index (χ4n) is 8.08. The number of aromatic nitrogens is 3. The number of rotatable bonds is 1. The smallest absolute Gasteiger partial charge is 0.169 e. The average Bonchev–Trinajstić information content (AvgIpc) is 3.72. The highest BCUT2D eigenvalue weighted by Gasteiger charge is 2.51. The van der Waals surface area contributed by atoms with Crippen LogP contribution in [-0.4, -0.2) is 14.6 Å². The summed E-state index contributed by atoms with van der Waals surface area (Å²) in [6.07, 6.45) is 0. The molecule has 6 aromatic carbocycles. The lowest BCUT2D eigenvalue weighted by Gasteiger charge is -2.30. The molecule has 0 aliphatic heterocycles. The van der Waals surface area contributed by atoms with Crippen LogP contribution in [0.15, 0.2) is 133 Å². The van der Waals surface area contributed by atoms with E-state index >= 15 is 0 Å². The van der Waals surface area contributed by atoms with Crippen LogP contribution in [0.1, 0.15) is 27.8 Å². The Balaban J connectivity index is 1.33. The lowest BCUT2D eigenvalue weighted by atomic mass is 9.70. The first-order valence-electron chi connectivity index (χ1n) is 14.9. The molecule has 200 valence electrons. The standard InChI is InChI=1S/C40H25N3/c1-24-18-20-29-30-21-19-25(38-41-42-39-32-14-3-2-10-26(32)31-13-6-9-17-37(31)43(38)39)23-36(30)40(35(29)22-24)33-15-7-4-11-27(33)28-12-5-8-16-34(28)40/h2-23H,1H3. The van der Waals surface area contributed by atoms with Crippen molar-refractivity contribution < 1.29 is 0 Å². The molecule has 3 heteroatoms. The molecule has 1 spiro atoms. The van der Waals surface area contributed by atoms with E-state index in [1.165, 1.54) is 60.8 Å². The van der Waals surface area contributed by atoms with E-state index in [1.54, 1.807) is 0 Å². The van der Waals surface area contributed by atoms with E-state index < -0.39 is 5.41 Å². The van der Waals surface area contributed by atoms with Crippen LogP contribution in [0.2, 0.25) is 0 Å². The number of benzene rings is 6. The molecule has 2 aromatic heterocycles. The SMILES string of the molecule is Cc1ccc2c(c1)C1(c3ccccc3-c3ccccc31)c1cc(-c3nnc4c5ccccc5c5ccccc5n34)ccc1-2. The molecule has 0 radical (unpaired) electrons. The zero-order valence-corrected chi connectivity index (χ0v) is 23.5. The molecular weight excluding hydrogens is 522 g/mol. The largest absolute Gasteiger partial charge is 0.274 e. The minimum absolute atomic E-state index is 0.394. The number of aryl methyl sites for hydroxylation is 1. The minimum Gasteiger partial charge on any atom is -0.274 e. The quantitative estimate of drug-likeness (QED) is 0.192. The molecule has 2 heterocycles. The highest BCUT2D eigenvalue weighted by Crippen LogP contribution is 2.63. The number of para-hydroxylation sites is 1. The third-order valence-electron chi connectivity index (χ3n) is 9.77. The average molecular weight is 548 g/mol. The van der Waals surface area contributed by atoms with Crippen molar-refractivity contribution in [1.82, 2.24) is 14.6 Å². The summed E-state index contributed by atoms with van der Waals surface area (Å²) in [6, 6.07) is 48.9. The summed E-state index contributed by atoms with van der Waals surface area (Å²) < 4.78 is 2.24. The Morgan fingerprint density at radius 1 is 0.488 bits per heavy atom. The van der Waals surface area contributed by atoms with Gasteiger partial charge in [0.2, 0.25) is 0 Å². The molecule has 2 aliphatic rings. The van der Waals surface area contributed by atoms with E-state index in [1.807, 2.05) is 0 Å². The highest BCUT2D eigenvalue weighted by atomic mass is 15.2. The number of hydrogen-bond donors (Lipinski definition) is 0. The maximum Gasteiger partial charge on any atom is 0.169 e. The normalized spacial score (nSPS) is 13.9. The van der Waals surface area contributed by atoms with Gasteiger partial charge in [0.25, 0.3) is 0 Å². The van der Waals surface area contributed by atoms with Gasteiger partial charge >= 0.3 is 0 Å². The zero-order chi connectivity index (χ0) is 28.3. The maximum absolute atomic E-state index is 4.87. The van der Waals surface area contributed by atoms with Gasteiger partial charge in [-0.15, -0.1) is 10.2 Å². The first-order valence-corrected chi connectivity index (χ1v) is 14.9. The number of pyridine rings is 1. The van der Waals surface area contributed by atoms with Gasteiger partial charge in [-0.05, 0) is 69.0 Å². The van der Waals surface area contributed by atoms with E-state index in [0.29, 0.717) is 0 Å². The monoisotopic (exact) mass is 547 g/mol. The van der Waals surface area contributed by atoms with Crippen LogP contribution in [0, 0.1) is 6.92 Å². The summed E-state index contributed by atoms with van der Waals surface area (Å²) in [5, 5.41) is 13.2. The molecule has 0 unspecified atom stereocenters. The Bertz CT molecular complexity index is 2440. The van der Waals surface area contributed by atoms with Gasteiger partial charge in [-0.3, -0.25) is 4.40 Å². The second-order valence-electron chi connectivity index (χ2n) is 11.9. The molecule has 8 aromatic rings. The number of nitrogens with zero attached hydrogens (tertiary/aromatic N) is 3. The molecular formula is C40H25N3. The molecule has 10 rings (SSSR count). The molecule has 3 nitrogen and oxygen atoms in total. The van der Waals surface area contributed by atoms with E-state index in [4.69, 9.17) is 10.2 Å². The lowest BCUT2D eigenvalue weighted by Crippen LogP contribution is -2.26. The van der Waals surface area contributed by atoms with Crippen LogP contribution in [0.3, 0.4) is 0 Å². The molecule has 0 saturated carbocycles. The molecule has 0 saturated heterocycles. The molecule has 43 heavy (non-hydrogen) atoms. The van der Waals surface area contributed by atoms with Gasteiger partial charge in [0.15, 0.2) is 11.5 Å². The Morgan fingerprint density at radius 2 is 1.07 bits per heavy atom. The fraction of sp³-hybridized carbons (Fsp3) is 0.0500. The zero-order valence-electron chi connectivity index (χ0n) is 23.5. The predicted octanol–water partition coefficient (Wildman–Crippen LogP) is 9.35. The highest BCUT2D eigenvalue weighted by molar-refractivity contribution is 6.12. The third-order valence-corrected chi connectivity index (χ3v) is 9.77. The maximum atomic E-state index is 4.87. The summed E-state index contributed by atoms with van der Waals surface area (Å²) in [5.41, 5.74) is 14.5. The molecule has 2 aliphatic carbocycles. The van der Waals surface area contributed by atoms with Crippen LogP contribution in [-0.2, 0) is 5.41 Å². The fourth-order valence-corrected chi connectivity index (χ4v) is 8.08. The van der Waals surface area contributed by atoms with Crippen molar-refractivity contribution in [2.75, 3.05) is 0 Å². The van der Waals surface area contributed by atoms with Crippen LogP contribution >= 0.6 is 0 Å². The Hall–Kier alpha value is -5.54. The third kappa shape index (κ3) is 2.75. The molecule has 0 amide bonds. The van der Waals surface area contributed by atoms with Gasteiger partial charge in [-0.1, -0.05) is 127 Å². The summed E-state index contributed by atoms with van der Waals surface area (Å²) in [7, 11) is 0. The van der Waals surface area contributed by atoms with E-state index in [9.17, 15) is 0 Å². The van der Waals surface area contributed by atoms with Crippen molar-refractivity contribution in [1.29, 1.82) is 0 Å². The topological polar surface area (TPSA) is 30.2 Å². The van der Waals surface area contributed by atoms with Gasteiger partial charge in [0.05, 0.1) is 10.9 Å². The van der Waals surface area contributed by atoms with Crippen molar-refractivity contribution in [2.45, 2.75) is 12.3 Å². The van der Waals surface area contributed by atoms with Gasteiger partial charge in [0, 0.05) is 16.3 Å². The lowest BCUT2D eigenvalue weighted by molar-refractivity contribution is 0.792. The van der Waals surface area contributed by atoms with Crippen molar-refractivity contribution in [3.05, 3.63) is 161 Å². The molecule has 0 bridgehead atoms. The van der Waals surface area contributed by atoms with Gasteiger partial charge in [-0.2, -0.15) is 0 Å². The molecule has 0 atom stereocenters. The molecule has 0 N–H and O–H groups in total. The number of hydrogen-bond acceptors (Lipinski definition) is 2. The van der Waals surface area contributed by atoms with Crippen molar-refractivity contribution in [3.8, 4) is 33.6 Å². The second-order valence-corrected chi connectivity index (χ2v) is 11.9. The van der Waals surface area contributed by atoms with Gasteiger partial charge in [-0.25, -0.2) is 0 Å². The van der Waals surface area contributed by atoms with Crippen LogP contribution in [0.25, 0.3) is 61.0 Å². The predicted molar refractivity (Wildman–Crippen MR) is 174 cm³/mol. The Kier molecular flexibility index (Phi) is 4.32. The Labute approximate surface area is 248 Å². The second kappa shape index (κ2) is 8.05. The summed E-state index contributed by atoms with van der Waals surface area (Å²) in [5.74, 6) is 0.863. The van der Waals surface area contributed by atoms with Crippen molar-refractivity contribution in [3.63, 3.8) is 0 Å². The first-order chi connectivity index (χ1) is 21.2. The van der Waals surface area contributed by atoms with Crippen LogP contribution in [0.5, 0.6) is 0 Å². The summed E-state index contributed by atoms with van der Waals surface area (Å²) >= 11 is 0. The summed E-state index contributed by atoms with van der Waals surface area (Å²) in [6.45, 7) is 2.20. The van der Waals surface area contributed by atoms with E-state index in [0.717, 1.165) is 27.9 Å². The minimum atomic E-state index is -0.394.